The molecule has 0 aliphatic carbocycles. The van der Waals surface area contributed by atoms with Crippen molar-refractivity contribution in [3.8, 4) is 0 Å². The first-order valence-electron chi connectivity index (χ1n) is 7.27. The van der Waals surface area contributed by atoms with Crippen LogP contribution in [0.15, 0.2) is 0 Å². The Morgan fingerprint density at radius 3 is 2.60 bits per heavy atom. The average molecular weight is 287 g/mol. The summed E-state index contributed by atoms with van der Waals surface area (Å²) >= 11 is 0. The van der Waals surface area contributed by atoms with Crippen LogP contribution in [0.25, 0.3) is 0 Å². The minimum Gasteiger partial charge on any atom is -0.444 e. The number of aliphatic hydroxyl groups is 1. The number of hydrogen-bond donors (Lipinski definition) is 3. The highest BCUT2D eigenvalue weighted by Crippen LogP contribution is 2.34. The molecular formula is C14H29N3O3. The number of piperidine rings is 1. The third-order valence-corrected chi connectivity index (χ3v) is 3.69. The molecule has 5 N–H and O–H groups in total. The van der Waals surface area contributed by atoms with Crippen molar-refractivity contribution in [1.82, 2.24) is 4.90 Å². The molecule has 1 aliphatic heterocycles. The van der Waals surface area contributed by atoms with Gasteiger partial charge in [0.25, 0.3) is 0 Å². The Morgan fingerprint density at radius 2 is 2.10 bits per heavy atom. The molecule has 118 valence electrons. The van der Waals surface area contributed by atoms with Crippen molar-refractivity contribution in [3.05, 3.63) is 0 Å². The third kappa shape index (κ3) is 4.92. The zero-order chi connectivity index (χ0) is 15.4. The molecule has 1 heterocycles. The normalized spacial score (nSPS) is 25.4. The van der Waals surface area contributed by atoms with E-state index in [4.69, 9.17) is 16.2 Å². The summed E-state index contributed by atoms with van der Waals surface area (Å²) in [5, 5.41) is 9.80. The first-order valence-corrected chi connectivity index (χ1v) is 7.27. The summed E-state index contributed by atoms with van der Waals surface area (Å²) in [5.74, 6) is 0. The molecule has 1 amide bonds. The van der Waals surface area contributed by atoms with Gasteiger partial charge in [-0.05, 0) is 46.6 Å². The van der Waals surface area contributed by atoms with Gasteiger partial charge in [0.15, 0.2) is 0 Å². The summed E-state index contributed by atoms with van der Waals surface area (Å²) in [6.07, 6.45) is 1.42. The maximum Gasteiger partial charge on any atom is 0.410 e. The van der Waals surface area contributed by atoms with E-state index in [-0.39, 0.29) is 18.1 Å². The molecule has 20 heavy (non-hydrogen) atoms. The van der Waals surface area contributed by atoms with E-state index in [2.05, 4.69) is 0 Å². The molecule has 0 radical (unpaired) electrons. The number of carbonyl (C=O) groups excluding carboxylic acids is 1. The lowest BCUT2D eigenvalue weighted by Crippen LogP contribution is -2.52. The van der Waals surface area contributed by atoms with Gasteiger partial charge in [-0.25, -0.2) is 4.79 Å². The zero-order valence-corrected chi connectivity index (χ0v) is 12.9. The van der Waals surface area contributed by atoms with Crippen LogP contribution in [0, 0.1) is 5.41 Å². The van der Waals surface area contributed by atoms with E-state index in [1.165, 1.54) is 0 Å². The topological polar surface area (TPSA) is 102 Å². The van der Waals surface area contributed by atoms with Crippen LogP contribution >= 0.6 is 0 Å². The molecule has 6 nitrogen and oxygen atoms in total. The lowest BCUT2D eigenvalue weighted by Gasteiger charge is -2.43. The fraction of sp³-hybridized carbons (Fsp3) is 0.929. The van der Waals surface area contributed by atoms with E-state index >= 15 is 0 Å². The summed E-state index contributed by atoms with van der Waals surface area (Å²) in [6, 6.07) is 0. The van der Waals surface area contributed by atoms with Gasteiger partial charge in [0.1, 0.15) is 5.60 Å². The van der Waals surface area contributed by atoms with Crippen LogP contribution in [-0.4, -0.2) is 54.0 Å². The van der Waals surface area contributed by atoms with E-state index in [1.807, 2.05) is 20.8 Å². The van der Waals surface area contributed by atoms with Gasteiger partial charge in [-0.3, -0.25) is 0 Å². The lowest BCUT2D eigenvalue weighted by atomic mass is 9.75. The first-order chi connectivity index (χ1) is 9.21. The molecule has 1 saturated heterocycles. The quantitative estimate of drug-likeness (QED) is 0.705. The van der Waals surface area contributed by atoms with Gasteiger partial charge in [-0.1, -0.05) is 0 Å². The first kappa shape index (κ1) is 17.2. The lowest BCUT2D eigenvalue weighted by molar-refractivity contribution is -0.00484. The van der Waals surface area contributed by atoms with Crippen molar-refractivity contribution in [3.63, 3.8) is 0 Å². The SMILES string of the molecule is CC(C)(C)OC(=O)N1CCC[C@](CN)(C[C@H](O)CN)C1. The number of nitrogens with two attached hydrogens (primary N) is 2. The van der Waals surface area contributed by atoms with Gasteiger partial charge < -0.3 is 26.2 Å². The summed E-state index contributed by atoms with van der Waals surface area (Å²) in [4.78, 5) is 13.8. The summed E-state index contributed by atoms with van der Waals surface area (Å²) in [6.45, 7) is 7.40. The molecule has 0 saturated carbocycles. The molecule has 1 rings (SSSR count). The van der Waals surface area contributed by atoms with Crippen LogP contribution in [-0.2, 0) is 4.74 Å². The smallest absolute Gasteiger partial charge is 0.410 e. The van der Waals surface area contributed by atoms with Crippen molar-refractivity contribution in [2.75, 3.05) is 26.2 Å². The fourth-order valence-electron chi connectivity index (χ4n) is 2.69. The van der Waals surface area contributed by atoms with Crippen LogP contribution in [0.3, 0.4) is 0 Å². The maximum atomic E-state index is 12.1. The van der Waals surface area contributed by atoms with E-state index in [0.717, 1.165) is 12.8 Å². The molecule has 0 bridgehead atoms. The van der Waals surface area contributed by atoms with E-state index in [9.17, 15) is 9.90 Å². The van der Waals surface area contributed by atoms with Gasteiger partial charge >= 0.3 is 6.09 Å². The Kier molecular flexibility index (Phi) is 5.79. The number of hydrogen-bond acceptors (Lipinski definition) is 5. The highest BCUT2D eigenvalue weighted by atomic mass is 16.6. The number of amides is 1. The predicted octanol–water partition coefficient (Wildman–Crippen LogP) is 0.672. The second-order valence-electron chi connectivity index (χ2n) is 6.80. The zero-order valence-electron chi connectivity index (χ0n) is 12.9. The maximum absolute atomic E-state index is 12.1. The molecule has 0 aromatic carbocycles. The van der Waals surface area contributed by atoms with E-state index in [0.29, 0.717) is 26.1 Å². The molecule has 1 aliphatic rings. The molecule has 0 aromatic heterocycles. The Hall–Kier alpha value is -0.850. The van der Waals surface area contributed by atoms with Crippen molar-refractivity contribution in [2.24, 2.45) is 16.9 Å². The number of rotatable bonds is 4. The number of nitrogens with zero attached hydrogens (tertiary/aromatic N) is 1. The number of ether oxygens (including phenoxy) is 1. The van der Waals surface area contributed by atoms with Gasteiger partial charge in [0, 0.05) is 25.0 Å². The second kappa shape index (κ2) is 6.74. The van der Waals surface area contributed by atoms with Crippen LogP contribution < -0.4 is 11.5 Å². The minimum absolute atomic E-state index is 0.216. The standard InChI is InChI=1S/C14H29N3O3/c1-13(2,3)20-12(19)17-6-4-5-14(9-16,10-17)7-11(18)8-15/h11,18H,4-10,15-16H2,1-3H3/t11-,14+/m0/s1. The largest absolute Gasteiger partial charge is 0.444 e. The van der Waals surface area contributed by atoms with Crippen LogP contribution in [0.5, 0.6) is 0 Å². The Morgan fingerprint density at radius 1 is 1.45 bits per heavy atom. The van der Waals surface area contributed by atoms with Gasteiger partial charge in [-0.15, -0.1) is 0 Å². The van der Waals surface area contributed by atoms with Gasteiger partial charge in [0.2, 0.25) is 0 Å². The number of carbonyl (C=O) groups is 1. The summed E-state index contributed by atoms with van der Waals surface area (Å²) in [5.41, 5.74) is 10.6. The van der Waals surface area contributed by atoms with Crippen molar-refractivity contribution >= 4 is 6.09 Å². The molecule has 2 atom stereocenters. The van der Waals surface area contributed by atoms with Gasteiger partial charge in [0.05, 0.1) is 6.10 Å². The van der Waals surface area contributed by atoms with Gasteiger partial charge in [-0.2, -0.15) is 0 Å². The van der Waals surface area contributed by atoms with E-state index in [1.54, 1.807) is 4.90 Å². The number of likely N-dealkylation sites (tertiary alicyclic amines) is 1. The fourth-order valence-corrected chi connectivity index (χ4v) is 2.69. The minimum atomic E-state index is -0.572. The summed E-state index contributed by atoms with van der Waals surface area (Å²) in [7, 11) is 0. The predicted molar refractivity (Wildman–Crippen MR) is 78.2 cm³/mol. The molecule has 6 heteroatoms. The van der Waals surface area contributed by atoms with Crippen molar-refractivity contribution in [2.45, 2.75) is 51.7 Å². The second-order valence-corrected chi connectivity index (χ2v) is 6.80. The Bertz CT molecular complexity index is 330. The van der Waals surface area contributed by atoms with Crippen molar-refractivity contribution in [1.29, 1.82) is 0 Å². The summed E-state index contributed by atoms with van der Waals surface area (Å²) < 4.78 is 5.41. The molecule has 0 aromatic rings. The molecule has 0 unspecified atom stereocenters. The average Bonchev–Trinajstić information content (AvgIpc) is 2.37. The molecular weight excluding hydrogens is 258 g/mol. The monoisotopic (exact) mass is 287 g/mol. The van der Waals surface area contributed by atoms with Crippen molar-refractivity contribution < 1.29 is 14.6 Å². The van der Waals surface area contributed by atoms with Crippen LogP contribution in [0.4, 0.5) is 4.79 Å². The highest BCUT2D eigenvalue weighted by Gasteiger charge is 2.38. The molecule has 1 fully saturated rings. The highest BCUT2D eigenvalue weighted by molar-refractivity contribution is 5.68. The van der Waals surface area contributed by atoms with Crippen LogP contribution in [0.2, 0.25) is 0 Å². The van der Waals surface area contributed by atoms with Crippen LogP contribution in [0.1, 0.15) is 40.0 Å². The van der Waals surface area contributed by atoms with E-state index < -0.39 is 11.7 Å². The molecule has 0 spiro atoms. The third-order valence-electron chi connectivity index (χ3n) is 3.69. The number of aliphatic hydroxyl groups excluding tert-OH is 1. The Labute approximate surface area is 121 Å². The Balaban J connectivity index is 2.70.